The Morgan fingerprint density at radius 3 is 2.24 bits per heavy atom. The smallest absolute Gasteiger partial charge is 0.406 e. The number of amides is 1. The number of hydrogen-bond acceptors (Lipinski definition) is 3. The molecule has 0 saturated carbocycles. The van der Waals surface area contributed by atoms with Crippen LogP contribution in [0.1, 0.15) is 29.2 Å². The number of carbonyl (C=O) groups excluding carboxylic acids is 1. The summed E-state index contributed by atoms with van der Waals surface area (Å²) < 4.78 is 81.4. The first-order valence-corrected chi connectivity index (χ1v) is 11.4. The van der Waals surface area contributed by atoms with E-state index in [2.05, 4.69) is 9.73 Å². The molecule has 1 aliphatic heterocycles. The van der Waals surface area contributed by atoms with Crippen molar-refractivity contribution in [2.75, 3.05) is 11.4 Å². The van der Waals surface area contributed by atoms with Crippen LogP contribution in [-0.4, -0.2) is 24.5 Å². The minimum absolute atomic E-state index is 0.0515. The second-order valence-electron chi connectivity index (χ2n) is 8.26. The summed E-state index contributed by atoms with van der Waals surface area (Å²) in [5, 5.41) is 0.577. The van der Waals surface area contributed by atoms with E-state index in [0.29, 0.717) is 17.0 Å². The Labute approximate surface area is 213 Å². The van der Waals surface area contributed by atoms with E-state index in [1.54, 1.807) is 12.1 Å². The first-order valence-electron chi connectivity index (χ1n) is 11.0. The molecule has 194 valence electrons. The fourth-order valence-corrected chi connectivity index (χ4v) is 4.17. The molecule has 0 unspecified atom stereocenters. The van der Waals surface area contributed by atoms with Gasteiger partial charge in [-0.25, -0.2) is 0 Å². The van der Waals surface area contributed by atoms with Gasteiger partial charge in [0, 0.05) is 23.7 Å². The van der Waals surface area contributed by atoms with Gasteiger partial charge < -0.3 is 4.74 Å². The van der Waals surface area contributed by atoms with E-state index in [4.69, 9.17) is 11.6 Å². The summed E-state index contributed by atoms with van der Waals surface area (Å²) in [4.78, 5) is 19.0. The molecule has 1 heterocycles. The summed E-state index contributed by atoms with van der Waals surface area (Å²) in [6.07, 6.45) is -8.92. The lowest BCUT2D eigenvalue weighted by molar-refractivity contribution is -0.274. The van der Waals surface area contributed by atoms with Gasteiger partial charge in [-0.1, -0.05) is 35.9 Å². The van der Waals surface area contributed by atoms with Gasteiger partial charge in [0.1, 0.15) is 11.5 Å². The Morgan fingerprint density at radius 1 is 0.946 bits per heavy atom. The number of benzene rings is 3. The van der Waals surface area contributed by atoms with Crippen LogP contribution in [0.3, 0.4) is 0 Å². The third-order valence-corrected chi connectivity index (χ3v) is 5.98. The van der Waals surface area contributed by atoms with Crippen LogP contribution in [0.15, 0.2) is 77.8 Å². The number of anilines is 1. The number of nitrogens with zero attached hydrogens (tertiary/aromatic N) is 2. The first kappa shape index (κ1) is 26.5. The van der Waals surface area contributed by atoms with Gasteiger partial charge >= 0.3 is 12.5 Å². The monoisotopic (exact) mass is 540 g/mol. The molecule has 1 aliphatic rings. The average molecular weight is 541 g/mol. The van der Waals surface area contributed by atoms with E-state index in [1.165, 1.54) is 17.0 Å². The summed E-state index contributed by atoms with van der Waals surface area (Å²) in [7, 11) is 0. The minimum Gasteiger partial charge on any atom is -0.406 e. The Morgan fingerprint density at radius 2 is 1.62 bits per heavy atom. The molecule has 3 aromatic carbocycles. The first-order chi connectivity index (χ1) is 17.4. The van der Waals surface area contributed by atoms with Crippen molar-refractivity contribution in [3.63, 3.8) is 0 Å². The number of hydrogen-bond donors (Lipinski definition) is 0. The van der Waals surface area contributed by atoms with Crippen molar-refractivity contribution in [3.05, 3.63) is 94.5 Å². The fourth-order valence-electron chi connectivity index (χ4n) is 4.04. The Balaban J connectivity index is 1.64. The second-order valence-corrected chi connectivity index (χ2v) is 8.70. The lowest BCUT2D eigenvalue weighted by atomic mass is 10.0. The number of ether oxygens (including phenoxy) is 1. The molecule has 1 fully saturated rings. The van der Waals surface area contributed by atoms with E-state index in [1.807, 2.05) is 12.1 Å². The van der Waals surface area contributed by atoms with Crippen LogP contribution in [0.2, 0.25) is 5.02 Å². The zero-order valence-electron chi connectivity index (χ0n) is 19.0. The van der Waals surface area contributed by atoms with Crippen molar-refractivity contribution in [1.29, 1.82) is 0 Å². The molecule has 1 amide bonds. The molecule has 0 aromatic heterocycles. The molecule has 0 aliphatic carbocycles. The van der Waals surface area contributed by atoms with Gasteiger partial charge in [0.25, 0.3) is 5.91 Å². The van der Waals surface area contributed by atoms with Gasteiger partial charge in [-0.2, -0.15) is 13.2 Å². The van der Waals surface area contributed by atoms with E-state index in [-0.39, 0.29) is 24.4 Å². The van der Waals surface area contributed by atoms with Crippen molar-refractivity contribution in [2.24, 2.45) is 4.99 Å². The van der Waals surface area contributed by atoms with Crippen LogP contribution in [0, 0.1) is 0 Å². The number of halogens is 7. The molecular weight excluding hydrogens is 522 g/mol. The molecule has 1 saturated heterocycles. The largest absolute Gasteiger partial charge is 0.573 e. The van der Waals surface area contributed by atoms with Crippen molar-refractivity contribution in [3.8, 4) is 5.75 Å². The predicted octanol–water partition coefficient (Wildman–Crippen LogP) is 7.42. The van der Waals surface area contributed by atoms with E-state index in [0.717, 1.165) is 42.0 Å². The van der Waals surface area contributed by atoms with Gasteiger partial charge in [0.05, 0.1) is 11.6 Å². The zero-order chi connectivity index (χ0) is 26.8. The second kappa shape index (κ2) is 10.5. The predicted molar refractivity (Wildman–Crippen MR) is 127 cm³/mol. The lowest BCUT2D eigenvalue weighted by Crippen LogP contribution is -2.29. The SMILES string of the molecule is O=C1C(=NCCc2ccc(Cl)cc2)C[C@H](c2cccc(OC(F)(F)F)c2)N1c1ccc(C(F)(F)F)cc1. The third kappa shape index (κ3) is 6.62. The highest BCUT2D eigenvalue weighted by Gasteiger charge is 2.39. The molecule has 4 rings (SSSR count). The van der Waals surface area contributed by atoms with Crippen molar-refractivity contribution >= 4 is 28.9 Å². The number of rotatable bonds is 6. The topological polar surface area (TPSA) is 41.9 Å². The van der Waals surface area contributed by atoms with Crippen LogP contribution in [0.25, 0.3) is 0 Å². The summed E-state index contributed by atoms with van der Waals surface area (Å²) in [5.74, 6) is -1.01. The maximum Gasteiger partial charge on any atom is 0.573 e. The van der Waals surface area contributed by atoms with Crippen LogP contribution >= 0.6 is 11.6 Å². The molecule has 0 radical (unpaired) electrons. The standard InChI is InChI=1S/C26H19ClF6N2O2/c27-19-8-4-16(5-9-19)12-13-34-22-15-23(17-2-1-3-21(14-17)37-26(31,32)33)35(24(22)36)20-10-6-18(7-11-20)25(28,29)30/h1-11,14,23H,12-13,15H2/t23-/m1/s1. The van der Waals surface area contributed by atoms with Crippen molar-refractivity contribution < 1.29 is 35.9 Å². The molecule has 0 spiro atoms. The highest BCUT2D eigenvalue weighted by Crippen LogP contribution is 2.39. The molecule has 37 heavy (non-hydrogen) atoms. The highest BCUT2D eigenvalue weighted by atomic mass is 35.5. The average Bonchev–Trinajstić information content (AvgIpc) is 3.15. The van der Waals surface area contributed by atoms with Crippen molar-refractivity contribution in [1.82, 2.24) is 0 Å². The third-order valence-electron chi connectivity index (χ3n) is 5.73. The summed E-state index contributed by atoms with van der Waals surface area (Å²) in [6.45, 7) is 0.257. The number of aliphatic imine (C=N–C) groups is 1. The van der Waals surface area contributed by atoms with Gasteiger partial charge in [-0.15, -0.1) is 13.2 Å². The van der Waals surface area contributed by atoms with Crippen LogP contribution < -0.4 is 9.64 Å². The number of alkyl halides is 6. The van der Waals surface area contributed by atoms with Crippen LogP contribution in [0.5, 0.6) is 5.75 Å². The minimum atomic E-state index is -4.91. The molecule has 11 heteroatoms. The van der Waals surface area contributed by atoms with Gasteiger partial charge in [-0.3, -0.25) is 14.7 Å². The summed E-state index contributed by atoms with van der Waals surface area (Å²) in [5.41, 5.74) is 0.691. The molecule has 3 aromatic rings. The van der Waals surface area contributed by atoms with E-state index < -0.39 is 35.8 Å². The molecule has 0 bridgehead atoms. The molecule has 4 nitrogen and oxygen atoms in total. The lowest BCUT2D eigenvalue weighted by Gasteiger charge is -2.25. The molecule has 1 atom stereocenters. The molecular formula is C26H19ClF6N2O2. The fraction of sp³-hybridized carbons (Fsp3) is 0.231. The van der Waals surface area contributed by atoms with Gasteiger partial charge in [0.2, 0.25) is 0 Å². The van der Waals surface area contributed by atoms with Crippen molar-refractivity contribution in [2.45, 2.75) is 31.4 Å². The Kier molecular flexibility index (Phi) is 7.49. The van der Waals surface area contributed by atoms with Crippen LogP contribution in [-0.2, 0) is 17.4 Å². The van der Waals surface area contributed by atoms with Crippen LogP contribution in [0.4, 0.5) is 32.0 Å². The zero-order valence-corrected chi connectivity index (χ0v) is 19.7. The van der Waals surface area contributed by atoms with Gasteiger partial charge in [0.15, 0.2) is 0 Å². The molecule has 0 N–H and O–H groups in total. The van der Waals surface area contributed by atoms with Gasteiger partial charge in [-0.05, 0) is 66.1 Å². The van der Waals surface area contributed by atoms with E-state index in [9.17, 15) is 31.1 Å². The maximum atomic E-state index is 13.3. The normalized spacial score (nSPS) is 17.5. The summed E-state index contributed by atoms with van der Waals surface area (Å²) in [6, 6.07) is 15.4. The van der Waals surface area contributed by atoms with E-state index >= 15 is 0 Å². The maximum absolute atomic E-state index is 13.3. The number of carbonyl (C=O) groups is 1. The summed E-state index contributed by atoms with van der Waals surface area (Å²) >= 11 is 5.89. The highest BCUT2D eigenvalue weighted by molar-refractivity contribution is 6.46. The Hall–Kier alpha value is -3.53. The Bertz CT molecular complexity index is 1290. The quantitative estimate of drug-likeness (QED) is 0.305.